The summed E-state index contributed by atoms with van der Waals surface area (Å²) in [6, 6.07) is 16.5. The van der Waals surface area contributed by atoms with Gasteiger partial charge < -0.3 is 21.1 Å². The average Bonchev–Trinajstić information content (AvgIpc) is 3.49. The smallest absolute Gasteiger partial charge is 0.419 e. The van der Waals surface area contributed by atoms with Gasteiger partial charge in [-0.15, -0.1) is 11.3 Å². The molecule has 4 aromatic rings. The van der Waals surface area contributed by atoms with Crippen LogP contribution in [0.4, 0.5) is 24.7 Å². The van der Waals surface area contributed by atoms with Crippen molar-refractivity contribution in [3.8, 4) is 34.2 Å². The lowest BCUT2D eigenvalue weighted by Crippen LogP contribution is -2.28. The van der Waals surface area contributed by atoms with Gasteiger partial charge in [-0.25, -0.2) is 9.78 Å². The Labute approximate surface area is 245 Å². The summed E-state index contributed by atoms with van der Waals surface area (Å²) in [4.78, 5) is 41.4. The molecular formula is C28H19ClF3N5O4S. The van der Waals surface area contributed by atoms with Crippen LogP contribution in [0.3, 0.4) is 0 Å². The van der Waals surface area contributed by atoms with E-state index in [0.717, 1.165) is 17.4 Å². The number of ether oxygens (including phenoxy) is 1. The molecule has 0 aliphatic rings. The molecule has 9 nitrogen and oxygen atoms in total. The molecule has 0 aliphatic carbocycles. The van der Waals surface area contributed by atoms with Gasteiger partial charge in [-0.2, -0.15) is 18.4 Å². The molecule has 0 radical (unpaired) electrons. The summed E-state index contributed by atoms with van der Waals surface area (Å²) >= 11 is 7.27. The zero-order valence-corrected chi connectivity index (χ0v) is 22.9. The fraction of sp³-hybridized carbons (Fsp3) is 0.107. The Balaban J connectivity index is 1.91. The highest BCUT2D eigenvalue weighted by molar-refractivity contribution is 7.12. The maximum Gasteiger partial charge on any atom is 0.491 e. The fourth-order valence-corrected chi connectivity index (χ4v) is 4.55. The number of carbonyl (C=O) groups excluding carboxylic acids is 3. The molecule has 0 saturated carbocycles. The number of benzene rings is 2. The SMILES string of the molecule is N#Cc1c(-c2cccc(NC(=O)CCN)c2)cc(-c2cc(Cl)ccc2OC(=O)C(F)(F)F)nc1NC(=O)c1cccs1. The Morgan fingerprint density at radius 3 is 2.50 bits per heavy atom. The average molecular weight is 614 g/mol. The number of anilines is 2. The van der Waals surface area contributed by atoms with Crippen LogP contribution >= 0.6 is 22.9 Å². The lowest BCUT2D eigenvalue weighted by atomic mass is 9.97. The minimum atomic E-state index is -5.28. The molecule has 0 fully saturated rings. The van der Waals surface area contributed by atoms with Crippen molar-refractivity contribution in [2.24, 2.45) is 5.73 Å². The number of rotatable bonds is 8. The van der Waals surface area contributed by atoms with E-state index >= 15 is 0 Å². The quantitative estimate of drug-likeness (QED) is 0.163. The molecule has 2 aromatic carbocycles. The number of halogens is 4. The summed E-state index contributed by atoms with van der Waals surface area (Å²) in [7, 11) is 0. The van der Waals surface area contributed by atoms with Crippen LogP contribution < -0.4 is 21.1 Å². The summed E-state index contributed by atoms with van der Waals surface area (Å²) in [6.07, 6.45) is -5.21. The van der Waals surface area contributed by atoms with Gasteiger partial charge in [-0.3, -0.25) is 9.59 Å². The van der Waals surface area contributed by atoms with Crippen LogP contribution in [0.1, 0.15) is 21.7 Å². The predicted molar refractivity (Wildman–Crippen MR) is 151 cm³/mol. The highest BCUT2D eigenvalue weighted by atomic mass is 35.5. The van der Waals surface area contributed by atoms with Gasteiger partial charge in [0.15, 0.2) is 5.82 Å². The number of hydrogen-bond donors (Lipinski definition) is 3. The van der Waals surface area contributed by atoms with Crippen LogP contribution in [0.2, 0.25) is 5.02 Å². The first kappa shape index (κ1) is 30.2. The minimum Gasteiger partial charge on any atom is -0.419 e. The van der Waals surface area contributed by atoms with Crippen molar-refractivity contribution in [1.29, 1.82) is 5.26 Å². The number of hydrogen-bond acceptors (Lipinski definition) is 8. The third-order valence-electron chi connectivity index (χ3n) is 5.59. The molecule has 2 amide bonds. The molecule has 2 aromatic heterocycles. The zero-order chi connectivity index (χ0) is 30.4. The molecule has 4 rings (SSSR count). The second kappa shape index (κ2) is 12.8. The number of nitriles is 1. The second-order valence-corrected chi connectivity index (χ2v) is 9.90. The normalized spacial score (nSPS) is 11.0. The van der Waals surface area contributed by atoms with Gasteiger partial charge in [0.1, 0.15) is 17.4 Å². The van der Waals surface area contributed by atoms with E-state index in [2.05, 4.69) is 20.4 Å². The van der Waals surface area contributed by atoms with Gasteiger partial charge >= 0.3 is 12.1 Å². The Morgan fingerprint density at radius 2 is 1.83 bits per heavy atom. The molecule has 0 unspecified atom stereocenters. The van der Waals surface area contributed by atoms with Gasteiger partial charge in [-0.05, 0) is 53.4 Å². The molecule has 214 valence electrons. The molecule has 0 atom stereocenters. The third-order valence-corrected chi connectivity index (χ3v) is 6.69. The third kappa shape index (κ3) is 7.10. The van der Waals surface area contributed by atoms with E-state index in [1.165, 1.54) is 18.2 Å². The number of aromatic nitrogens is 1. The van der Waals surface area contributed by atoms with E-state index in [-0.39, 0.29) is 52.1 Å². The van der Waals surface area contributed by atoms with Crippen molar-refractivity contribution in [2.75, 3.05) is 17.2 Å². The van der Waals surface area contributed by atoms with Crippen molar-refractivity contribution in [2.45, 2.75) is 12.6 Å². The zero-order valence-electron chi connectivity index (χ0n) is 21.3. The van der Waals surface area contributed by atoms with Crippen LogP contribution in [-0.2, 0) is 9.59 Å². The van der Waals surface area contributed by atoms with Crippen molar-refractivity contribution in [3.63, 3.8) is 0 Å². The van der Waals surface area contributed by atoms with E-state index in [1.807, 2.05) is 6.07 Å². The lowest BCUT2D eigenvalue weighted by molar-refractivity contribution is -0.189. The van der Waals surface area contributed by atoms with Crippen molar-refractivity contribution < 1.29 is 32.3 Å². The standard InChI is InChI=1S/C28H19ClF3N5O4S/c29-16-6-7-22(41-27(40)28(30,31)32)19(12-16)21-13-18(15-3-1-4-17(11-15)35-24(38)8-9-33)20(14-34)25(36-21)37-26(39)23-5-2-10-42-23/h1-7,10-13H,8-9,33H2,(H,35,38)(H,36,37,39). The topological polar surface area (TPSA) is 147 Å². The second-order valence-electron chi connectivity index (χ2n) is 8.52. The van der Waals surface area contributed by atoms with Crippen LogP contribution in [0, 0.1) is 11.3 Å². The maximum atomic E-state index is 13.0. The van der Waals surface area contributed by atoms with Crippen molar-refractivity contribution in [1.82, 2.24) is 4.98 Å². The molecule has 2 heterocycles. The van der Waals surface area contributed by atoms with Gasteiger partial charge in [0.2, 0.25) is 5.91 Å². The Bertz CT molecular complexity index is 1700. The number of amides is 2. The van der Waals surface area contributed by atoms with Crippen LogP contribution in [0.5, 0.6) is 5.75 Å². The Kier molecular flexibility index (Phi) is 9.21. The number of carbonyl (C=O) groups is 3. The van der Waals surface area contributed by atoms with E-state index in [1.54, 1.807) is 41.8 Å². The van der Waals surface area contributed by atoms with Gasteiger partial charge in [0.05, 0.1) is 10.6 Å². The number of alkyl halides is 3. The molecule has 42 heavy (non-hydrogen) atoms. The summed E-state index contributed by atoms with van der Waals surface area (Å²) in [5.41, 5.74) is 6.14. The number of nitrogens with zero attached hydrogens (tertiary/aromatic N) is 2. The van der Waals surface area contributed by atoms with E-state index in [4.69, 9.17) is 17.3 Å². The van der Waals surface area contributed by atoms with Gasteiger partial charge in [0, 0.05) is 34.8 Å². The van der Waals surface area contributed by atoms with Crippen molar-refractivity contribution >= 4 is 52.2 Å². The van der Waals surface area contributed by atoms with E-state index < -0.39 is 23.8 Å². The van der Waals surface area contributed by atoms with Gasteiger partial charge in [0.25, 0.3) is 5.91 Å². The number of nitrogens with two attached hydrogens (primary N) is 1. The molecule has 0 spiro atoms. The maximum absolute atomic E-state index is 13.0. The number of thiophene rings is 1. The fourth-order valence-electron chi connectivity index (χ4n) is 3.76. The summed E-state index contributed by atoms with van der Waals surface area (Å²) in [5, 5.41) is 17.1. The van der Waals surface area contributed by atoms with Crippen molar-refractivity contribution in [3.05, 3.63) is 81.5 Å². The van der Waals surface area contributed by atoms with E-state index in [9.17, 15) is 32.8 Å². The first-order chi connectivity index (χ1) is 20.0. The molecule has 0 saturated heterocycles. The minimum absolute atomic E-state index is 0.0696. The van der Waals surface area contributed by atoms with Crippen LogP contribution in [0.25, 0.3) is 22.4 Å². The first-order valence-corrected chi connectivity index (χ1v) is 13.2. The highest BCUT2D eigenvalue weighted by Gasteiger charge is 2.41. The van der Waals surface area contributed by atoms with Gasteiger partial charge in [-0.1, -0.05) is 29.8 Å². The first-order valence-electron chi connectivity index (χ1n) is 12.0. The molecule has 0 aliphatic heterocycles. The number of esters is 1. The number of nitrogens with one attached hydrogen (secondary N) is 2. The predicted octanol–water partition coefficient (Wildman–Crippen LogP) is 6.01. The highest BCUT2D eigenvalue weighted by Crippen LogP contribution is 2.38. The summed E-state index contributed by atoms with van der Waals surface area (Å²) in [5.74, 6) is -4.12. The molecule has 4 N–H and O–H groups in total. The Hall–Kier alpha value is -4.77. The molecular weight excluding hydrogens is 595 g/mol. The van der Waals surface area contributed by atoms with E-state index in [0.29, 0.717) is 16.1 Å². The molecule has 14 heteroatoms. The largest absolute Gasteiger partial charge is 0.491 e. The molecule has 0 bridgehead atoms. The van der Waals surface area contributed by atoms with Crippen LogP contribution in [-0.4, -0.2) is 35.5 Å². The summed E-state index contributed by atoms with van der Waals surface area (Å²) in [6.45, 7) is 0.131. The number of pyridine rings is 1. The van der Waals surface area contributed by atoms with Crippen LogP contribution in [0.15, 0.2) is 66.0 Å². The Morgan fingerprint density at radius 1 is 1.05 bits per heavy atom. The summed E-state index contributed by atoms with van der Waals surface area (Å²) < 4.78 is 43.7. The monoisotopic (exact) mass is 613 g/mol. The lowest BCUT2D eigenvalue weighted by Gasteiger charge is -2.16.